The van der Waals surface area contributed by atoms with Gasteiger partial charge in [-0.05, 0) is 17.5 Å². The van der Waals surface area contributed by atoms with Crippen LogP contribution < -0.4 is 15.8 Å². The topological polar surface area (TPSA) is 84.6 Å². The number of rotatable bonds is 6. The van der Waals surface area contributed by atoms with E-state index in [2.05, 4.69) is 5.32 Å². The van der Waals surface area contributed by atoms with Crippen molar-refractivity contribution >= 4 is 18.3 Å². The molecule has 1 amide bonds. The average Bonchev–Trinajstić information content (AvgIpc) is 2.44. The van der Waals surface area contributed by atoms with Gasteiger partial charge >= 0.3 is 0 Å². The molecule has 132 valence electrons. The van der Waals surface area contributed by atoms with Gasteiger partial charge in [0, 0.05) is 12.6 Å². The van der Waals surface area contributed by atoms with Crippen molar-refractivity contribution in [1.82, 2.24) is 5.32 Å². The lowest BCUT2D eigenvalue weighted by molar-refractivity contribution is -0.125. The zero-order valence-electron chi connectivity index (χ0n) is 13.3. The van der Waals surface area contributed by atoms with Gasteiger partial charge in [0.15, 0.2) is 11.6 Å². The van der Waals surface area contributed by atoms with Crippen molar-refractivity contribution in [2.45, 2.75) is 32.9 Å². The number of carbonyl (C=O) groups excluding carboxylic acids is 1. The van der Waals surface area contributed by atoms with E-state index >= 15 is 0 Å². The summed E-state index contributed by atoms with van der Waals surface area (Å²) in [6.45, 7) is 5.28. The lowest BCUT2D eigenvalue weighted by atomic mass is 9.87. The van der Waals surface area contributed by atoms with Gasteiger partial charge in [-0.1, -0.05) is 20.8 Å². The molecular weight excluding hydrogens is 330 g/mol. The molecule has 5 nitrogen and oxygen atoms in total. The lowest BCUT2D eigenvalue weighted by Gasteiger charge is -2.26. The summed E-state index contributed by atoms with van der Waals surface area (Å²) in [5, 5.41) is 12.2. The van der Waals surface area contributed by atoms with E-state index in [0.717, 1.165) is 12.1 Å². The Morgan fingerprint density at radius 2 is 1.96 bits per heavy atom. The van der Waals surface area contributed by atoms with E-state index in [9.17, 15) is 18.7 Å². The fourth-order valence-corrected chi connectivity index (χ4v) is 1.54. The monoisotopic (exact) mass is 352 g/mol. The fraction of sp³-hybridized carbons (Fsp3) is 0.533. The quantitative estimate of drug-likeness (QED) is 0.726. The van der Waals surface area contributed by atoms with Crippen LogP contribution in [0.2, 0.25) is 0 Å². The second kappa shape index (κ2) is 9.00. The smallest absolute Gasteiger partial charge is 0.237 e. The number of nitrogens with one attached hydrogen (secondary N) is 1. The predicted octanol–water partition coefficient (Wildman–Crippen LogP) is 1.62. The number of carbonyl (C=O) groups is 1. The summed E-state index contributed by atoms with van der Waals surface area (Å²) in [7, 11) is 0. The molecule has 1 rings (SSSR count). The van der Waals surface area contributed by atoms with Gasteiger partial charge in [0.2, 0.25) is 5.91 Å². The molecule has 1 aromatic carbocycles. The highest BCUT2D eigenvalue weighted by Crippen LogP contribution is 2.17. The van der Waals surface area contributed by atoms with Crippen LogP contribution in [0.1, 0.15) is 20.8 Å². The van der Waals surface area contributed by atoms with Gasteiger partial charge < -0.3 is 20.9 Å². The first-order chi connectivity index (χ1) is 10.1. The van der Waals surface area contributed by atoms with Crippen molar-refractivity contribution in [3.63, 3.8) is 0 Å². The largest absolute Gasteiger partial charge is 0.491 e. The number of benzene rings is 1. The Labute approximate surface area is 140 Å². The lowest BCUT2D eigenvalue weighted by Crippen LogP contribution is -2.50. The Morgan fingerprint density at radius 3 is 2.48 bits per heavy atom. The van der Waals surface area contributed by atoms with E-state index < -0.39 is 29.2 Å². The van der Waals surface area contributed by atoms with Crippen LogP contribution >= 0.6 is 12.4 Å². The van der Waals surface area contributed by atoms with Crippen LogP contribution in [0.25, 0.3) is 0 Å². The predicted molar refractivity (Wildman–Crippen MR) is 85.5 cm³/mol. The molecule has 0 aliphatic rings. The molecule has 0 aromatic heterocycles. The Kier molecular flexibility index (Phi) is 8.44. The summed E-state index contributed by atoms with van der Waals surface area (Å²) in [6.07, 6.45) is -0.996. The molecule has 4 N–H and O–H groups in total. The van der Waals surface area contributed by atoms with Crippen LogP contribution in [0.5, 0.6) is 5.75 Å². The van der Waals surface area contributed by atoms with Gasteiger partial charge in [0.1, 0.15) is 18.5 Å². The maximum atomic E-state index is 13.0. The first-order valence-electron chi connectivity index (χ1n) is 6.90. The van der Waals surface area contributed by atoms with Gasteiger partial charge in [0.05, 0.1) is 6.04 Å². The van der Waals surface area contributed by atoms with Crippen LogP contribution in [-0.2, 0) is 4.79 Å². The highest BCUT2D eigenvalue weighted by Gasteiger charge is 2.27. The van der Waals surface area contributed by atoms with E-state index in [1.807, 2.05) is 20.8 Å². The summed E-state index contributed by atoms with van der Waals surface area (Å²) >= 11 is 0. The number of hydrogen-bond acceptors (Lipinski definition) is 4. The molecule has 0 fully saturated rings. The standard InChI is InChI=1S/C15H22F2N2O3.ClH/c1-15(2,3)13(18)14(21)19-7-9(20)8-22-10-4-5-11(16)12(17)6-10;/h4-6,9,13,20H,7-8,18H2,1-3H3,(H,19,21);1H/t9?,13-;/m1./s1. The third-order valence-electron chi connectivity index (χ3n) is 3.06. The summed E-state index contributed by atoms with van der Waals surface area (Å²) in [5.41, 5.74) is 5.38. The molecule has 2 atom stereocenters. The summed E-state index contributed by atoms with van der Waals surface area (Å²) in [4.78, 5) is 11.8. The number of hydrogen-bond donors (Lipinski definition) is 3. The highest BCUT2D eigenvalue weighted by molar-refractivity contribution is 5.85. The van der Waals surface area contributed by atoms with Crippen molar-refractivity contribution in [2.75, 3.05) is 13.2 Å². The molecule has 8 heteroatoms. The Balaban J connectivity index is 0.00000484. The molecule has 0 heterocycles. The Hall–Kier alpha value is -1.44. The summed E-state index contributed by atoms with van der Waals surface area (Å²) < 4.78 is 30.8. The minimum Gasteiger partial charge on any atom is -0.491 e. The first kappa shape index (κ1) is 21.6. The third-order valence-corrected chi connectivity index (χ3v) is 3.06. The average molecular weight is 353 g/mol. The maximum Gasteiger partial charge on any atom is 0.237 e. The number of nitrogens with two attached hydrogens (primary N) is 1. The van der Waals surface area contributed by atoms with Gasteiger partial charge in [-0.2, -0.15) is 0 Å². The molecule has 1 unspecified atom stereocenters. The molecule has 0 aliphatic heterocycles. The van der Waals surface area contributed by atoms with Crippen LogP contribution in [0.3, 0.4) is 0 Å². The van der Waals surface area contributed by atoms with E-state index in [-0.39, 0.29) is 37.2 Å². The van der Waals surface area contributed by atoms with Crippen molar-refractivity contribution in [3.8, 4) is 5.75 Å². The highest BCUT2D eigenvalue weighted by atomic mass is 35.5. The first-order valence-corrected chi connectivity index (χ1v) is 6.90. The Morgan fingerprint density at radius 1 is 1.35 bits per heavy atom. The van der Waals surface area contributed by atoms with Gasteiger partial charge in [0.25, 0.3) is 0 Å². The number of ether oxygens (including phenoxy) is 1. The van der Waals surface area contributed by atoms with Crippen molar-refractivity contribution < 1.29 is 23.4 Å². The number of aliphatic hydroxyl groups is 1. The van der Waals surface area contributed by atoms with Crippen LogP contribution in [0.15, 0.2) is 18.2 Å². The minimum atomic E-state index is -1.03. The molecule has 0 aliphatic carbocycles. The van der Waals surface area contributed by atoms with Crippen molar-refractivity contribution in [1.29, 1.82) is 0 Å². The van der Waals surface area contributed by atoms with Gasteiger partial charge in [-0.15, -0.1) is 12.4 Å². The molecule has 0 saturated carbocycles. The van der Waals surface area contributed by atoms with Gasteiger partial charge in [-0.25, -0.2) is 8.78 Å². The second-order valence-corrected chi connectivity index (χ2v) is 6.13. The molecule has 0 spiro atoms. The second-order valence-electron chi connectivity index (χ2n) is 6.13. The van der Waals surface area contributed by atoms with E-state index in [1.54, 1.807) is 0 Å². The molecule has 0 saturated heterocycles. The van der Waals surface area contributed by atoms with Crippen LogP contribution in [-0.4, -0.2) is 36.3 Å². The molecule has 1 aromatic rings. The molecule has 0 radical (unpaired) electrons. The summed E-state index contributed by atoms with van der Waals surface area (Å²) in [6, 6.07) is 2.36. The molecular formula is C15H23ClF2N2O3. The zero-order chi connectivity index (χ0) is 16.9. The van der Waals surface area contributed by atoms with E-state index in [1.165, 1.54) is 6.07 Å². The number of halogens is 3. The van der Waals surface area contributed by atoms with E-state index in [0.29, 0.717) is 0 Å². The SMILES string of the molecule is CC(C)(C)[C@H](N)C(=O)NCC(O)COc1ccc(F)c(F)c1.Cl. The Bertz CT molecular complexity index is 524. The normalized spacial score (nSPS) is 13.7. The van der Waals surface area contributed by atoms with Crippen molar-refractivity contribution in [3.05, 3.63) is 29.8 Å². The van der Waals surface area contributed by atoms with Crippen molar-refractivity contribution in [2.24, 2.45) is 11.1 Å². The molecule has 23 heavy (non-hydrogen) atoms. The zero-order valence-corrected chi connectivity index (χ0v) is 14.1. The van der Waals surface area contributed by atoms with Gasteiger partial charge in [-0.3, -0.25) is 4.79 Å². The number of aliphatic hydroxyl groups excluding tert-OH is 1. The van der Waals surface area contributed by atoms with E-state index in [4.69, 9.17) is 10.5 Å². The van der Waals surface area contributed by atoms with Crippen LogP contribution in [0.4, 0.5) is 8.78 Å². The molecule has 0 bridgehead atoms. The fourth-order valence-electron chi connectivity index (χ4n) is 1.54. The minimum absolute atomic E-state index is 0. The summed E-state index contributed by atoms with van der Waals surface area (Å²) in [5.74, 6) is -2.29. The van der Waals surface area contributed by atoms with Crippen LogP contribution in [0, 0.1) is 17.0 Å². The third kappa shape index (κ3) is 7.11. The number of amides is 1. The maximum absolute atomic E-state index is 13.0.